The summed E-state index contributed by atoms with van der Waals surface area (Å²) in [6, 6.07) is 21.6. The van der Waals surface area contributed by atoms with E-state index >= 15 is 0 Å². The van der Waals surface area contributed by atoms with Crippen LogP contribution in [-0.4, -0.2) is 41.6 Å². The van der Waals surface area contributed by atoms with Gasteiger partial charge < -0.3 is 14.4 Å². The molecule has 1 aliphatic rings. The predicted octanol–water partition coefficient (Wildman–Crippen LogP) is 3.81. The summed E-state index contributed by atoms with van der Waals surface area (Å²) in [5, 5.41) is 0. The van der Waals surface area contributed by atoms with E-state index in [1.807, 2.05) is 54.6 Å². The number of benzene rings is 2. The molecule has 1 aliphatic heterocycles. The Hall–Kier alpha value is -3.34. The Morgan fingerprint density at radius 1 is 0.929 bits per heavy atom. The maximum Gasteiger partial charge on any atom is 0.260 e. The van der Waals surface area contributed by atoms with Gasteiger partial charge in [0.25, 0.3) is 5.91 Å². The Balaban J connectivity index is 1.26. The molecule has 2 aromatic carbocycles. The fraction of sp³-hybridized carbons (Fsp3) is 0.217. The second kappa shape index (κ2) is 8.57. The van der Waals surface area contributed by atoms with Gasteiger partial charge in [0.2, 0.25) is 0 Å². The SMILES string of the molecule is O=C(COc1ccc(-c2ccccc2)cc1)N1CC[C@H](Oc2ccncc2)C1. The summed E-state index contributed by atoms with van der Waals surface area (Å²) in [4.78, 5) is 18.2. The first-order chi connectivity index (χ1) is 13.8. The van der Waals surface area contributed by atoms with Gasteiger partial charge in [0, 0.05) is 25.4 Å². The van der Waals surface area contributed by atoms with Gasteiger partial charge >= 0.3 is 0 Å². The minimum atomic E-state index is -0.0204. The van der Waals surface area contributed by atoms with Crippen molar-refractivity contribution in [3.63, 3.8) is 0 Å². The third kappa shape index (κ3) is 4.49. The third-order valence-electron chi connectivity index (χ3n) is 4.77. The highest BCUT2D eigenvalue weighted by Crippen LogP contribution is 2.22. The lowest BCUT2D eigenvalue weighted by Gasteiger charge is -2.17. The standard InChI is InChI=1S/C23H22N2O3/c26-23(25-15-12-22(16-25)28-21-10-13-24-14-11-21)17-27-20-8-6-19(7-9-20)18-4-2-1-3-5-18/h1-11,13-14,22H,12,15-17H2/t22-/m0/s1. The van der Waals surface area contributed by atoms with E-state index < -0.39 is 0 Å². The molecule has 0 unspecified atom stereocenters. The summed E-state index contributed by atoms with van der Waals surface area (Å²) >= 11 is 0. The third-order valence-corrected chi connectivity index (χ3v) is 4.77. The molecule has 1 atom stereocenters. The van der Waals surface area contributed by atoms with Gasteiger partial charge in [-0.2, -0.15) is 0 Å². The first-order valence-corrected chi connectivity index (χ1v) is 9.41. The monoisotopic (exact) mass is 374 g/mol. The van der Waals surface area contributed by atoms with Crippen LogP contribution in [0.3, 0.4) is 0 Å². The molecule has 0 aliphatic carbocycles. The van der Waals surface area contributed by atoms with Crippen molar-refractivity contribution in [2.24, 2.45) is 0 Å². The minimum Gasteiger partial charge on any atom is -0.488 e. The van der Waals surface area contributed by atoms with Gasteiger partial charge in [0.05, 0.1) is 6.54 Å². The molecule has 2 heterocycles. The number of ether oxygens (including phenoxy) is 2. The van der Waals surface area contributed by atoms with Gasteiger partial charge in [0.15, 0.2) is 6.61 Å². The molecule has 4 rings (SSSR count). The van der Waals surface area contributed by atoms with Gasteiger partial charge in [-0.05, 0) is 35.4 Å². The zero-order valence-corrected chi connectivity index (χ0v) is 15.5. The van der Waals surface area contributed by atoms with Gasteiger partial charge in [0.1, 0.15) is 17.6 Å². The molecule has 28 heavy (non-hydrogen) atoms. The Morgan fingerprint density at radius 2 is 1.64 bits per heavy atom. The van der Waals surface area contributed by atoms with Crippen LogP contribution in [0.15, 0.2) is 79.1 Å². The Morgan fingerprint density at radius 3 is 2.39 bits per heavy atom. The normalized spacial score (nSPS) is 16.0. The molecule has 5 nitrogen and oxygen atoms in total. The molecule has 5 heteroatoms. The van der Waals surface area contributed by atoms with E-state index in [4.69, 9.17) is 9.47 Å². The van der Waals surface area contributed by atoms with Gasteiger partial charge in [-0.3, -0.25) is 9.78 Å². The van der Waals surface area contributed by atoms with E-state index in [2.05, 4.69) is 17.1 Å². The highest BCUT2D eigenvalue weighted by Gasteiger charge is 2.27. The van der Waals surface area contributed by atoms with Crippen molar-refractivity contribution in [2.45, 2.75) is 12.5 Å². The van der Waals surface area contributed by atoms with E-state index in [9.17, 15) is 4.79 Å². The van der Waals surface area contributed by atoms with Crippen LogP contribution in [0.5, 0.6) is 11.5 Å². The van der Waals surface area contributed by atoms with E-state index in [1.165, 1.54) is 0 Å². The zero-order valence-electron chi connectivity index (χ0n) is 15.5. The van der Waals surface area contributed by atoms with Crippen LogP contribution >= 0.6 is 0 Å². The summed E-state index contributed by atoms with van der Waals surface area (Å²) < 4.78 is 11.6. The molecule has 142 valence electrons. The lowest BCUT2D eigenvalue weighted by atomic mass is 10.1. The summed E-state index contributed by atoms with van der Waals surface area (Å²) in [5.74, 6) is 1.45. The van der Waals surface area contributed by atoms with Crippen molar-refractivity contribution in [3.05, 3.63) is 79.1 Å². The van der Waals surface area contributed by atoms with E-state index in [-0.39, 0.29) is 18.6 Å². The van der Waals surface area contributed by atoms with Crippen molar-refractivity contribution >= 4 is 5.91 Å². The van der Waals surface area contributed by atoms with E-state index in [0.717, 1.165) is 23.3 Å². The number of hydrogen-bond donors (Lipinski definition) is 0. The number of hydrogen-bond acceptors (Lipinski definition) is 4. The molecular weight excluding hydrogens is 352 g/mol. The molecule has 0 N–H and O–H groups in total. The zero-order chi connectivity index (χ0) is 19.2. The van der Waals surface area contributed by atoms with Crippen LogP contribution in [0.2, 0.25) is 0 Å². The Labute approximate surface area is 164 Å². The number of likely N-dealkylation sites (tertiary alicyclic amines) is 1. The van der Waals surface area contributed by atoms with E-state index in [1.54, 1.807) is 17.3 Å². The minimum absolute atomic E-state index is 0.0107. The van der Waals surface area contributed by atoms with Crippen molar-refractivity contribution in [1.82, 2.24) is 9.88 Å². The first-order valence-electron chi connectivity index (χ1n) is 9.41. The second-order valence-electron chi connectivity index (χ2n) is 6.73. The van der Waals surface area contributed by atoms with Crippen LogP contribution < -0.4 is 9.47 Å². The van der Waals surface area contributed by atoms with E-state index in [0.29, 0.717) is 18.8 Å². The van der Waals surface area contributed by atoms with Crippen LogP contribution in [0.25, 0.3) is 11.1 Å². The first kappa shape index (κ1) is 18.0. The van der Waals surface area contributed by atoms with Gasteiger partial charge in [-0.15, -0.1) is 0 Å². The largest absolute Gasteiger partial charge is 0.488 e. The maximum absolute atomic E-state index is 12.4. The summed E-state index contributed by atoms with van der Waals surface area (Å²) in [6.45, 7) is 1.30. The summed E-state index contributed by atoms with van der Waals surface area (Å²) in [5.41, 5.74) is 2.28. The van der Waals surface area contributed by atoms with Crippen molar-refractivity contribution in [1.29, 1.82) is 0 Å². The Bertz CT molecular complexity index is 898. The topological polar surface area (TPSA) is 51.7 Å². The van der Waals surface area contributed by atoms with Gasteiger partial charge in [-0.25, -0.2) is 0 Å². The summed E-state index contributed by atoms with van der Waals surface area (Å²) in [6.07, 6.45) is 4.23. The second-order valence-corrected chi connectivity index (χ2v) is 6.73. The number of nitrogens with zero attached hydrogens (tertiary/aromatic N) is 2. The average molecular weight is 374 g/mol. The molecule has 3 aromatic rings. The molecule has 0 bridgehead atoms. The van der Waals surface area contributed by atoms with Crippen molar-refractivity contribution in [2.75, 3.05) is 19.7 Å². The highest BCUT2D eigenvalue weighted by molar-refractivity contribution is 5.78. The fourth-order valence-corrected chi connectivity index (χ4v) is 3.27. The number of pyridine rings is 1. The molecule has 1 amide bonds. The van der Waals surface area contributed by atoms with Crippen LogP contribution in [-0.2, 0) is 4.79 Å². The summed E-state index contributed by atoms with van der Waals surface area (Å²) in [7, 11) is 0. The van der Waals surface area contributed by atoms with Crippen LogP contribution in [0, 0.1) is 0 Å². The van der Waals surface area contributed by atoms with Crippen molar-refractivity contribution in [3.8, 4) is 22.6 Å². The molecule has 0 radical (unpaired) electrons. The number of rotatable bonds is 6. The molecule has 0 spiro atoms. The number of carbonyl (C=O) groups is 1. The number of amides is 1. The van der Waals surface area contributed by atoms with Crippen LogP contribution in [0.1, 0.15) is 6.42 Å². The Kier molecular flexibility index (Phi) is 5.52. The fourth-order valence-electron chi connectivity index (χ4n) is 3.27. The molecule has 1 fully saturated rings. The smallest absolute Gasteiger partial charge is 0.260 e. The molecule has 1 saturated heterocycles. The quantitative estimate of drug-likeness (QED) is 0.658. The number of aromatic nitrogens is 1. The molecular formula is C23H22N2O3. The highest BCUT2D eigenvalue weighted by atomic mass is 16.5. The van der Waals surface area contributed by atoms with Crippen molar-refractivity contribution < 1.29 is 14.3 Å². The molecule has 1 aromatic heterocycles. The maximum atomic E-state index is 12.4. The average Bonchev–Trinajstić information content (AvgIpc) is 3.22. The predicted molar refractivity (Wildman–Crippen MR) is 107 cm³/mol. The molecule has 0 saturated carbocycles. The van der Waals surface area contributed by atoms with Gasteiger partial charge in [-0.1, -0.05) is 42.5 Å². The van der Waals surface area contributed by atoms with Crippen LogP contribution in [0.4, 0.5) is 0 Å². The lowest BCUT2D eigenvalue weighted by Crippen LogP contribution is -2.34. The lowest BCUT2D eigenvalue weighted by molar-refractivity contribution is -0.132. The number of carbonyl (C=O) groups excluding carboxylic acids is 1.